The molecule has 0 fully saturated rings. The van der Waals surface area contributed by atoms with E-state index in [4.69, 9.17) is 0 Å². The van der Waals surface area contributed by atoms with Gasteiger partial charge in [-0.3, -0.25) is 19.3 Å². The molecule has 10 heteroatoms. The topological polar surface area (TPSA) is 80.1 Å². The van der Waals surface area contributed by atoms with E-state index >= 15 is 0 Å². The monoisotopic (exact) mass is 429 g/mol. The lowest BCUT2D eigenvalue weighted by Crippen LogP contribution is -2.43. The molecule has 7 nitrogen and oxygen atoms in total. The summed E-state index contributed by atoms with van der Waals surface area (Å²) in [7, 11) is 0. The van der Waals surface area contributed by atoms with Gasteiger partial charge in [0.25, 0.3) is 11.8 Å². The van der Waals surface area contributed by atoms with Gasteiger partial charge in [-0.05, 0) is 49.7 Å². The van der Waals surface area contributed by atoms with Crippen molar-refractivity contribution in [3.63, 3.8) is 0 Å². The maximum absolute atomic E-state index is 13.2. The van der Waals surface area contributed by atoms with Gasteiger partial charge in [0.2, 0.25) is 0 Å². The fourth-order valence-electron chi connectivity index (χ4n) is 3.59. The Morgan fingerprint density at radius 2 is 2.00 bits per heavy atom. The number of benzene rings is 1. The number of aryl methyl sites for hydroxylation is 1. The van der Waals surface area contributed by atoms with Crippen molar-refractivity contribution in [3.8, 4) is 0 Å². The molecular formula is C21H18F3N5O2. The smallest absolute Gasteiger partial charge is 0.317 e. The number of halogens is 3. The van der Waals surface area contributed by atoms with Gasteiger partial charge in [-0.25, -0.2) is 0 Å². The number of anilines is 2. The molecule has 3 heterocycles. The Morgan fingerprint density at radius 3 is 2.65 bits per heavy atom. The maximum atomic E-state index is 13.2. The zero-order chi connectivity index (χ0) is 22.3. The van der Waals surface area contributed by atoms with Crippen molar-refractivity contribution >= 4 is 23.2 Å². The van der Waals surface area contributed by atoms with Crippen LogP contribution in [0.2, 0.25) is 0 Å². The largest absolute Gasteiger partial charge is 0.416 e. The van der Waals surface area contributed by atoms with E-state index < -0.39 is 23.6 Å². The summed E-state index contributed by atoms with van der Waals surface area (Å²) < 4.78 is 40.8. The van der Waals surface area contributed by atoms with Crippen LogP contribution in [-0.2, 0) is 6.18 Å². The summed E-state index contributed by atoms with van der Waals surface area (Å²) in [6.45, 7) is 3.41. The molecule has 0 radical (unpaired) electrons. The van der Waals surface area contributed by atoms with Crippen LogP contribution in [-0.4, -0.2) is 33.1 Å². The van der Waals surface area contributed by atoms with Crippen molar-refractivity contribution in [2.45, 2.75) is 26.1 Å². The minimum absolute atomic E-state index is 0.0215. The number of pyridine rings is 1. The molecule has 3 aromatic rings. The predicted octanol–water partition coefficient (Wildman–Crippen LogP) is 4.08. The van der Waals surface area contributed by atoms with Crippen LogP contribution in [0.15, 0.2) is 48.8 Å². The van der Waals surface area contributed by atoms with E-state index in [0.717, 1.165) is 6.07 Å². The van der Waals surface area contributed by atoms with Crippen molar-refractivity contribution in [2.75, 3.05) is 16.8 Å². The average molecular weight is 429 g/mol. The van der Waals surface area contributed by atoms with E-state index in [9.17, 15) is 22.8 Å². The average Bonchev–Trinajstić information content (AvgIpc) is 3.15. The molecule has 1 N–H and O–H groups in total. The van der Waals surface area contributed by atoms with Crippen LogP contribution in [0, 0.1) is 6.92 Å². The number of alkyl halides is 3. The molecule has 1 aromatic carbocycles. The number of amides is 2. The Balaban J connectivity index is 1.66. The van der Waals surface area contributed by atoms with Crippen LogP contribution >= 0.6 is 0 Å². The number of carbonyl (C=O) groups excluding carboxylic acids is 2. The Morgan fingerprint density at radius 1 is 1.23 bits per heavy atom. The summed E-state index contributed by atoms with van der Waals surface area (Å²) in [6, 6.07) is 8.20. The van der Waals surface area contributed by atoms with Crippen molar-refractivity contribution in [3.05, 3.63) is 71.3 Å². The maximum Gasteiger partial charge on any atom is 0.416 e. The number of rotatable bonds is 3. The van der Waals surface area contributed by atoms with Gasteiger partial charge >= 0.3 is 6.18 Å². The van der Waals surface area contributed by atoms with Gasteiger partial charge in [-0.15, -0.1) is 0 Å². The number of fused-ring (bicyclic) bond motifs is 1. The molecule has 31 heavy (non-hydrogen) atoms. The van der Waals surface area contributed by atoms with Gasteiger partial charge in [-0.2, -0.15) is 18.3 Å². The highest BCUT2D eigenvalue weighted by molar-refractivity contribution is 6.12. The molecule has 0 spiro atoms. The highest BCUT2D eigenvalue weighted by Crippen LogP contribution is 2.35. The van der Waals surface area contributed by atoms with Crippen LogP contribution in [0.25, 0.3) is 0 Å². The fourth-order valence-corrected chi connectivity index (χ4v) is 3.59. The van der Waals surface area contributed by atoms with Gasteiger partial charge in [0, 0.05) is 18.4 Å². The lowest BCUT2D eigenvalue weighted by atomic mass is 10.1. The SMILES string of the molecule is Cc1cc(N2C[C@H](C)n3ncc(NC(=O)c4ccccn4)c3C2=O)ccc1C(F)(F)F. The van der Waals surface area contributed by atoms with E-state index in [1.165, 1.54) is 47.1 Å². The van der Waals surface area contributed by atoms with Crippen molar-refractivity contribution < 1.29 is 22.8 Å². The Bertz CT molecular complexity index is 1160. The first-order valence-corrected chi connectivity index (χ1v) is 9.46. The third-order valence-corrected chi connectivity index (χ3v) is 5.08. The van der Waals surface area contributed by atoms with Crippen molar-refractivity contribution in [1.82, 2.24) is 14.8 Å². The van der Waals surface area contributed by atoms with E-state index in [0.29, 0.717) is 5.69 Å². The molecule has 2 amide bonds. The van der Waals surface area contributed by atoms with E-state index in [1.807, 2.05) is 6.92 Å². The minimum Gasteiger partial charge on any atom is -0.317 e. The first kappa shape index (κ1) is 20.6. The molecular weight excluding hydrogens is 411 g/mol. The Labute approximate surface area is 175 Å². The highest BCUT2D eigenvalue weighted by Gasteiger charge is 2.36. The lowest BCUT2D eigenvalue weighted by Gasteiger charge is -2.32. The van der Waals surface area contributed by atoms with E-state index in [2.05, 4.69) is 15.4 Å². The first-order valence-electron chi connectivity index (χ1n) is 9.46. The van der Waals surface area contributed by atoms with Crippen molar-refractivity contribution in [1.29, 1.82) is 0 Å². The zero-order valence-corrected chi connectivity index (χ0v) is 16.6. The summed E-state index contributed by atoms with van der Waals surface area (Å²) in [5.74, 6) is -0.967. The third kappa shape index (κ3) is 3.76. The lowest BCUT2D eigenvalue weighted by molar-refractivity contribution is -0.138. The summed E-state index contributed by atoms with van der Waals surface area (Å²) >= 11 is 0. The Hall–Kier alpha value is -3.69. The van der Waals surface area contributed by atoms with E-state index in [-0.39, 0.29) is 35.2 Å². The summed E-state index contributed by atoms with van der Waals surface area (Å²) in [5.41, 5.74) is 0.155. The van der Waals surface area contributed by atoms with Crippen LogP contribution < -0.4 is 10.2 Å². The fraction of sp³-hybridized carbons (Fsp3) is 0.238. The van der Waals surface area contributed by atoms with Crippen LogP contribution in [0.5, 0.6) is 0 Å². The highest BCUT2D eigenvalue weighted by atomic mass is 19.4. The second-order valence-electron chi connectivity index (χ2n) is 7.28. The summed E-state index contributed by atoms with van der Waals surface area (Å²) in [4.78, 5) is 31.1. The van der Waals surface area contributed by atoms with Crippen molar-refractivity contribution in [2.24, 2.45) is 0 Å². The molecule has 0 saturated heterocycles. The number of nitrogens with zero attached hydrogens (tertiary/aromatic N) is 4. The molecule has 1 aliphatic heterocycles. The molecule has 0 saturated carbocycles. The van der Waals surface area contributed by atoms with Gasteiger partial charge < -0.3 is 10.2 Å². The number of nitrogens with one attached hydrogen (secondary N) is 1. The number of carbonyl (C=O) groups is 2. The molecule has 1 atom stereocenters. The number of hydrogen-bond acceptors (Lipinski definition) is 4. The van der Waals surface area contributed by atoms with E-state index in [1.54, 1.807) is 12.1 Å². The molecule has 160 valence electrons. The summed E-state index contributed by atoms with van der Waals surface area (Å²) in [5, 5.41) is 6.86. The zero-order valence-electron chi connectivity index (χ0n) is 16.6. The third-order valence-electron chi connectivity index (χ3n) is 5.08. The van der Waals surface area contributed by atoms with Gasteiger partial charge in [0.15, 0.2) is 5.69 Å². The quantitative estimate of drug-likeness (QED) is 0.681. The number of aromatic nitrogens is 3. The standard InChI is InChI=1S/C21H18F3N5O2/c1-12-9-14(6-7-15(12)21(22,23)24)28-11-13(2)29-18(20(28)31)17(10-26-29)27-19(30)16-5-3-4-8-25-16/h3-10,13H,11H2,1-2H3,(H,27,30)/t13-/m0/s1. The van der Waals surface area contributed by atoms with Crippen LogP contribution in [0.1, 0.15) is 45.1 Å². The predicted molar refractivity (Wildman–Crippen MR) is 107 cm³/mol. The van der Waals surface area contributed by atoms with Crippen LogP contribution in [0.4, 0.5) is 24.5 Å². The number of hydrogen-bond donors (Lipinski definition) is 1. The van der Waals surface area contributed by atoms with Gasteiger partial charge in [-0.1, -0.05) is 6.07 Å². The molecule has 2 aromatic heterocycles. The van der Waals surface area contributed by atoms with Gasteiger partial charge in [0.1, 0.15) is 5.69 Å². The first-order chi connectivity index (χ1) is 14.7. The Kier molecular flexibility index (Phi) is 5.00. The second-order valence-corrected chi connectivity index (χ2v) is 7.28. The molecule has 0 unspecified atom stereocenters. The molecule has 4 rings (SSSR count). The normalized spacial score (nSPS) is 16.2. The molecule has 0 bridgehead atoms. The summed E-state index contributed by atoms with van der Waals surface area (Å²) in [6.07, 6.45) is -1.61. The van der Waals surface area contributed by atoms with Crippen LogP contribution in [0.3, 0.4) is 0 Å². The molecule has 0 aliphatic carbocycles. The molecule has 1 aliphatic rings. The minimum atomic E-state index is -4.47. The van der Waals surface area contributed by atoms with Gasteiger partial charge in [0.05, 0.1) is 23.5 Å². The second kappa shape index (κ2) is 7.53.